The van der Waals surface area contributed by atoms with E-state index in [0.717, 1.165) is 4.88 Å². The van der Waals surface area contributed by atoms with Crippen molar-refractivity contribution in [3.63, 3.8) is 0 Å². The molecule has 2 aromatic rings. The SMILES string of the molecule is CNC(=O)c1cc(Cl)ccc1NCc1cnc(Cl)s1. The number of aromatic nitrogens is 1. The number of carbonyl (C=O) groups excluding carboxylic acids is 1. The highest BCUT2D eigenvalue weighted by atomic mass is 35.5. The quantitative estimate of drug-likeness (QED) is 0.909. The van der Waals surface area contributed by atoms with Crippen molar-refractivity contribution < 1.29 is 4.79 Å². The van der Waals surface area contributed by atoms with Gasteiger partial charge in [-0.15, -0.1) is 11.3 Å². The van der Waals surface area contributed by atoms with Crippen molar-refractivity contribution in [2.24, 2.45) is 0 Å². The highest BCUT2D eigenvalue weighted by Gasteiger charge is 2.11. The molecule has 0 radical (unpaired) electrons. The molecule has 7 heteroatoms. The first-order valence-electron chi connectivity index (χ1n) is 5.46. The molecule has 0 saturated carbocycles. The first-order chi connectivity index (χ1) is 9.10. The van der Waals surface area contributed by atoms with E-state index >= 15 is 0 Å². The Morgan fingerprint density at radius 3 is 2.84 bits per heavy atom. The lowest BCUT2D eigenvalue weighted by Crippen LogP contribution is -2.19. The maximum atomic E-state index is 11.8. The van der Waals surface area contributed by atoms with Crippen LogP contribution in [0.4, 0.5) is 5.69 Å². The summed E-state index contributed by atoms with van der Waals surface area (Å²) in [5.74, 6) is -0.188. The fourth-order valence-corrected chi connectivity index (χ4v) is 2.63. The van der Waals surface area contributed by atoms with E-state index in [1.807, 2.05) is 0 Å². The Kier molecular flexibility index (Phi) is 4.63. The van der Waals surface area contributed by atoms with Crippen molar-refractivity contribution in [2.45, 2.75) is 6.54 Å². The van der Waals surface area contributed by atoms with Crippen LogP contribution >= 0.6 is 34.5 Å². The van der Waals surface area contributed by atoms with Crippen LogP contribution in [0, 0.1) is 0 Å². The first kappa shape index (κ1) is 14.1. The largest absolute Gasteiger partial charge is 0.379 e. The molecular formula is C12H11Cl2N3OS. The number of hydrogen-bond acceptors (Lipinski definition) is 4. The van der Waals surface area contributed by atoms with E-state index in [0.29, 0.717) is 27.3 Å². The lowest BCUT2D eigenvalue weighted by atomic mass is 10.1. The fraction of sp³-hybridized carbons (Fsp3) is 0.167. The molecule has 2 rings (SSSR count). The van der Waals surface area contributed by atoms with Crippen molar-refractivity contribution >= 4 is 46.1 Å². The van der Waals surface area contributed by atoms with E-state index in [9.17, 15) is 4.79 Å². The summed E-state index contributed by atoms with van der Waals surface area (Å²) in [6, 6.07) is 5.13. The molecule has 0 saturated heterocycles. The zero-order valence-corrected chi connectivity index (χ0v) is 12.4. The zero-order chi connectivity index (χ0) is 13.8. The van der Waals surface area contributed by atoms with Gasteiger partial charge in [0.2, 0.25) is 0 Å². The fourth-order valence-electron chi connectivity index (χ4n) is 1.54. The van der Waals surface area contributed by atoms with Crippen molar-refractivity contribution in [1.29, 1.82) is 0 Å². The van der Waals surface area contributed by atoms with E-state index < -0.39 is 0 Å². The third kappa shape index (κ3) is 3.59. The lowest BCUT2D eigenvalue weighted by molar-refractivity contribution is 0.0964. The van der Waals surface area contributed by atoms with Crippen LogP contribution in [0.25, 0.3) is 0 Å². The number of nitrogens with one attached hydrogen (secondary N) is 2. The molecule has 0 atom stereocenters. The Balaban J connectivity index is 2.17. The standard InChI is InChI=1S/C12H11Cl2N3OS/c1-15-11(18)9-4-7(13)2-3-10(9)16-5-8-6-17-12(14)19-8/h2-4,6,16H,5H2,1H3,(H,15,18). The second-order valence-corrected chi connectivity index (χ2v) is 5.84. The van der Waals surface area contributed by atoms with Crippen LogP contribution in [0.2, 0.25) is 9.49 Å². The number of carbonyl (C=O) groups is 1. The summed E-state index contributed by atoms with van der Waals surface area (Å²) in [6.45, 7) is 0.552. The van der Waals surface area contributed by atoms with E-state index in [2.05, 4.69) is 15.6 Å². The predicted octanol–water partition coefficient (Wildman–Crippen LogP) is 3.42. The summed E-state index contributed by atoms with van der Waals surface area (Å²) in [5, 5.41) is 6.28. The van der Waals surface area contributed by atoms with Gasteiger partial charge in [-0.2, -0.15) is 0 Å². The van der Waals surface area contributed by atoms with Crippen LogP contribution in [0.15, 0.2) is 24.4 Å². The van der Waals surface area contributed by atoms with E-state index in [4.69, 9.17) is 23.2 Å². The second-order valence-electron chi connectivity index (χ2n) is 3.70. The molecule has 1 aromatic heterocycles. The summed E-state index contributed by atoms with van der Waals surface area (Å²) in [6.07, 6.45) is 1.70. The van der Waals surface area contributed by atoms with Gasteiger partial charge in [0.25, 0.3) is 5.91 Å². The van der Waals surface area contributed by atoms with Gasteiger partial charge in [0, 0.05) is 28.8 Å². The number of anilines is 1. The Morgan fingerprint density at radius 2 is 2.21 bits per heavy atom. The molecule has 2 N–H and O–H groups in total. The molecule has 0 aliphatic carbocycles. The zero-order valence-electron chi connectivity index (χ0n) is 10.0. The van der Waals surface area contributed by atoms with Crippen LogP contribution in [-0.2, 0) is 6.54 Å². The monoisotopic (exact) mass is 315 g/mol. The average Bonchev–Trinajstić information content (AvgIpc) is 2.82. The lowest BCUT2D eigenvalue weighted by Gasteiger charge is -2.10. The van der Waals surface area contributed by atoms with Crippen LogP contribution in [-0.4, -0.2) is 17.9 Å². The van der Waals surface area contributed by atoms with Gasteiger partial charge in [-0.25, -0.2) is 4.98 Å². The first-order valence-corrected chi connectivity index (χ1v) is 7.03. The minimum Gasteiger partial charge on any atom is -0.379 e. The van der Waals surface area contributed by atoms with Crippen LogP contribution in [0.3, 0.4) is 0 Å². The molecule has 0 fully saturated rings. The average molecular weight is 316 g/mol. The summed E-state index contributed by atoms with van der Waals surface area (Å²) in [7, 11) is 1.58. The topological polar surface area (TPSA) is 54.0 Å². The number of thiazole rings is 1. The minimum absolute atomic E-state index is 0.188. The summed E-state index contributed by atoms with van der Waals surface area (Å²) < 4.78 is 0.499. The molecule has 100 valence electrons. The van der Waals surface area contributed by atoms with Gasteiger partial charge in [0.15, 0.2) is 4.47 Å². The number of benzene rings is 1. The molecule has 1 heterocycles. The number of halogens is 2. The molecule has 1 amide bonds. The molecule has 0 aliphatic rings. The molecule has 19 heavy (non-hydrogen) atoms. The molecule has 4 nitrogen and oxygen atoms in total. The minimum atomic E-state index is -0.188. The van der Waals surface area contributed by atoms with Crippen LogP contribution in [0.5, 0.6) is 0 Å². The Bertz CT molecular complexity index is 600. The Morgan fingerprint density at radius 1 is 1.42 bits per heavy atom. The second kappa shape index (κ2) is 6.23. The predicted molar refractivity (Wildman–Crippen MR) is 79.3 cm³/mol. The van der Waals surface area contributed by atoms with Gasteiger partial charge in [-0.05, 0) is 18.2 Å². The molecule has 0 aliphatic heterocycles. The molecule has 0 unspecified atom stereocenters. The highest BCUT2D eigenvalue weighted by Crippen LogP contribution is 2.23. The van der Waals surface area contributed by atoms with E-state index in [-0.39, 0.29) is 5.91 Å². The third-order valence-electron chi connectivity index (χ3n) is 2.43. The molecule has 0 bridgehead atoms. The normalized spacial score (nSPS) is 10.3. The number of rotatable bonds is 4. The Hall–Kier alpha value is -1.30. The maximum Gasteiger partial charge on any atom is 0.253 e. The van der Waals surface area contributed by atoms with Crippen LogP contribution < -0.4 is 10.6 Å². The summed E-state index contributed by atoms with van der Waals surface area (Å²) in [5.41, 5.74) is 1.22. The smallest absolute Gasteiger partial charge is 0.253 e. The van der Waals surface area contributed by atoms with Crippen molar-refractivity contribution in [3.05, 3.63) is 44.3 Å². The number of amides is 1. The molecule has 0 spiro atoms. The van der Waals surface area contributed by atoms with Gasteiger partial charge in [-0.3, -0.25) is 4.79 Å². The van der Waals surface area contributed by atoms with Crippen LogP contribution in [0.1, 0.15) is 15.2 Å². The summed E-state index contributed by atoms with van der Waals surface area (Å²) in [4.78, 5) is 16.7. The summed E-state index contributed by atoms with van der Waals surface area (Å²) >= 11 is 13.1. The number of hydrogen-bond donors (Lipinski definition) is 2. The van der Waals surface area contributed by atoms with Crippen molar-refractivity contribution in [2.75, 3.05) is 12.4 Å². The van der Waals surface area contributed by atoms with Gasteiger partial charge in [-0.1, -0.05) is 23.2 Å². The van der Waals surface area contributed by atoms with E-state index in [1.54, 1.807) is 31.4 Å². The van der Waals surface area contributed by atoms with Crippen molar-refractivity contribution in [1.82, 2.24) is 10.3 Å². The van der Waals surface area contributed by atoms with Gasteiger partial charge < -0.3 is 10.6 Å². The maximum absolute atomic E-state index is 11.8. The van der Waals surface area contributed by atoms with Crippen molar-refractivity contribution in [3.8, 4) is 0 Å². The van der Waals surface area contributed by atoms with Gasteiger partial charge >= 0.3 is 0 Å². The molecular weight excluding hydrogens is 305 g/mol. The highest BCUT2D eigenvalue weighted by molar-refractivity contribution is 7.15. The van der Waals surface area contributed by atoms with Gasteiger partial charge in [0.05, 0.1) is 12.1 Å². The third-order valence-corrected chi connectivity index (χ3v) is 3.78. The number of nitrogens with zero attached hydrogens (tertiary/aromatic N) is 1. The Labute approximate surface area is 124 Å². The molecule has 1 aromatic carbocycles. The van der Waals surface area contributed by atoms with Gasteiger partial charge in [0.1, 0.15) is 0 Å². The van der Waals surface area contributed by atoms with E-state index in [1.165, 1.54) is 11.3 Å².